The van der Waals surface area contributed by atoms with Crippen molar-refractivity contribution in [2.45, 2.75) is 45.3 Å². The van der Waals surface area contributed by atoms with E-state index in [1.54, 1.807) is 17.9 Å². The Hall–Kier alpha value is -2.21. The van der Waals surface area contributed by atoms with Gasteiger partial charge in [0.1, 0.15) is 11.6 Å². The molecular weight excluding hydrogens is 311 g/mol. The standard InChI is InChI=1S/C18H21FN2O3/c1-12-15(11-22)17(20-24-12)18(23)21-9-4-2-3-8-16(21)13-6-5-7-14(19)10-13/h5-7,10,16,22H,2-4,8-9,11H2,1H3/t16-/m0/s1. The molecule has 24 heavy (non-hydrogen) atoms. The van der Waals surface area contributed by atoms with Crippen molar-refractivity contribution >= 4 is 5.91 Å². The van der Waals surface area contributed by atoms with Crippen LogP contribution in [-0.2, 0) is 6.61 Å². The number of carbonyl (C=O) groups is 1. The summed E-state index contributed by atoms with van der Waals surface area (Å²) < 4.78 is 18.7. The van der Waals surface area contributed by atoms with Gasteiger partial charge in [-0.15, -0.1) is 0 Å². The fourth-order valence-corrected chi connectivity index (χ4v) is 3.29. The summed E-state index contributed by atoms with van der Waals surface area (Å²) in [6, 6.07) is 6.20. The normalized spacial score (nSPS) is 18.5. The molecule has 1 saturated heterocycles. The van der Waals surface area contributed by atoms with E-state index in [-0.39, 0.29) is 30.1 Å². The van der Waals surface area contributed by atoms with Crippen molar-refractivity contribution in [1.82, 2.24) is 10.1 Å². The van der Waals surface area contributed by atoms with E-state index in [1.807, 2.05) is 6.07 Å². The van der Waals surface area contributed by atoms with Gasteiger partial charge in [0.05, 0.1) is 18.2 Å². The number of rotatable bonds is 3. The first kappa shape index (κ1) is 16.6. The molecule has 0 aliphatic carbocycles. The van der Waals surface area contributed by atoms with Crippen LogP contribution in [0.4, 0.5) is 4.39 Å². The lowest BCUT2D eigenvalue weighted by Crippen LogP contribution is -2.35. The lowest BCUT2D eigenvalue weighted by Gasteiger charge is -2.30. The molecule has 0 bridgehead atoms. The SMILES string of the molecule is Cc1onc(C(=O)N2CCCCC[C@H]2c2cccc(F)c2)c1CO. The molecule has 6 heteroatoms. The maximum Gasteiger partial charge on any atom is 0.276 e. The number of likely N-dealkylation sites (tertiary alicyclic amines) is 1. The zero-order chi connectivity index (χ0) is 17.1. The quantitative estimate of drug-likeness (QED) is 0.936. The first-order valence-electron chi connectivity index (χ1n) is 8.24. The molecule has 1 N–H and O–H groups in total. The Bertz CT molecular complexity index is 729. The second-order valence-corrected chi connectivity index (χ2v) is 6.14. The Morgan fingerprint density at radius 3 is 3.00 bits per heavy atom. The van der Waals surface area contributed by atoms with E-state index in [1.165, 1.54) is 12.1 Å². The molecule has 0 saturated carbocycles. The van der Waals surface area contributed by atoms with Crippen LogP contribution >= 0.6 is 0 Å². The van der Waals surface area contributed by atoms with Crippen LogP contribution in [0.5, 0.6) is 0 Å². The highest BCUT2D eigenvalue weighted by Crippen LogP contribution is 2.32. The molecular formula is C18H21FN2O3. The van der Waals surface area contributed by atoms with Gasteiger partial charge in [-0.3, -0.25) is 4.79 Å². The Balaban J connectivity index is 1.96. The monoisotopic (exact) mass is 332 g/mol. The van der Waals surface area contributed by atoms with Crippen molar-refractivity contribution in [3.63, 3.8) is 0 Å². The van der Waals surface area contributed by atoms with Crippen LogP contribution in [0.1, 0.15) is 59.1 Å². The fraction of sp³-hybridized carbons (Fsp3) is 0.444. The molecule has 2 aromatic rings. The summed E-state index contributed by atoms with van der Waals surface area (Å²) in [7, 11) is 0. The van der Waals surface area contributed by atoms with Gasteiger partial charge < -0.3 is 14.5 Å². The molecule has 0 unspecified atom stereocenters. The van der Waals surface area contributed by atoms with E-state index >= 15 is 0 Å². The van der Waals surface area contributed by atoms with Gasteiger partial charge in [-0.25, -0.2) is 4.39 Å². The lowest BCUT2D eigenvalue weighted by atomic mass is 10.00. The smallest absolute Gasteiger partial charge is 0.276 e. The highest BCUT2D eigenvalue weighted by atomic mass is 19.1. The molecule has 1 aromatic carbocycles. The van der Waals surface area contributed by atoms with Crippen molar-refractivity contribution in [3.05, 3.63) is 52.7 Å². The number of aryl methyl sites for hydroxylation is 1. The number of benzene rings is 1. The van der Waals surface area contributed by atoms with E-state index in [2.05, 4.69) is 5.16 Å². The molecule has 0 spiro atoms. The molecule has 1 aliphatic rings. The molecule has 1 aromatic heterocycles. The number of aromatic nitrogens is 1. The number of hydrogen-bond acceptors (Lipinski definition) is 4. The maximum atomic E-state index is 13.6. The molecule has 0 radical (unpaired) electrons. The topological polar surface area (TPSA) is 66.6 Å². The minimum Gasteiger partial charge on any atom is -0.391 e. The predicted octanol–water partition coefficient (Wildman–Crippen LogP) is 3.37. The van der Waals surface area contributed by atoms with Gasteiger partial charge in [-0.2, -0.15) is 0 Å². The maximum absolute atomic E-state index is 13.6. The van der Waals surface area contributed by atoms with Crippen LogP contribution in [-0.4, -0.2) is 27.6 Å². The van der Waals surface area contributed by atoms with E-state index in [0.29, 0.717) is 17.9 Å². The molecule has 5 nitrogen and oxygen atoms in total. The summed E-state index contributed by atoms with van der Waals surface area (Å²) in [5.74, 6) is -0.137. The van der Waals surface area contributed by atoms with Gasteiger partial charge in [-0.1, -0.05) is 30.1 Å². The van der Waals surface area contributed by atoms with Gasteiger partial charge in [0.2, 0.25) is 0 Å². The Kier molecular flexibility index (Phi) is 4.94. The minimum absolute atomic E-state index is 0.151. The molecule has 1 aliphatic heterocycles. The summed E-state index contributed by atoms with van der Waals surface area (Å²) >= 11 is 0. The Morgan fingerprint density at radius 1 is 1.42 bits per heavy atom. The first-order valence-corrected chi connectivity index (χ1v) is 8.24. The van der Waals surface area contributed by atoms with E-state index in [4.69, 9.17) is 4.52 Å². The zero-order valence-corrected chi connectivity index (χ0v) is 13.7. The Morgan fingerprint density at radius 2 is 2.25 bits per heavy atom. The molecule has 3 rings (SSSR count). The number of hydrogen-bond donors (Lipinski definition) is 1. The average Bonchev–Trinajstić information content (AvgIpc) is 2.80. The van der Waals surface area contributed by atoms with Crippen molar-refractivity contribution in [3.8, 4) is 0 Å². The second-order valence-electron chi connectivity index (χ2n) is 6.14. The number of aliphatic hydroxyl groups excluding tert-OH is 1. The summed E-state index contributed by atoms with van der Waals surface area (Å²) in [4.78, 5) is 14.7. The third-order valence-corrected chi connectivity index (χ3v) is 4.59. The first-order chi connectivity index (χ1) is 11.6. The van der Waals surface area contributed by atoms with E-state index in [0.717, 1.165) is 31.2 Å². The van der Waals surface area contributed by atoms with Crippen LogP contribution < -0.4 is 0 Å². The fourth-order valence-electron chi connectivity index (χ4n) is 3.29. The third kappa shape index (κ3) is 3.19. The molecule has 128 valence electrons. The van der Waals surface area contributed by atoms with Crippen LogP contribution in [0, 0.1) is 12.7 Å². The van der Waals surface area contributed by atoms with Crippen molar-refractivity contribution in [2.24, 2.45) is 0 Å². The molecule has 2 heterocycles. The van der Waals surface area contributed by atoms with Gasteiger partial charge in [0.15, 0.2) is 5.69 Å². The highest BCUT2D eigenvalue weighted by molar-refractivity contribution is 5.94. The number of amides is 1. The number of nitrogens with zero attached hydrogens (tertiary/aromatic N) is 2. The summed E-state index contributed by atoms with van der Waals surface area (Å²) in [5.41, 5.74) is 1.36. The second kappa shape index (κ2) is 7.13. The average molecular weight is 332 g/mol. The molecule has 1 amide bonds. The van der Waals surface area contributed by atoms with E-state index in [9.17, 15) is 14.3 Å². The van der Waals surface area contributed by atoms with Crippen LogP contribution in [0.3, 0.4) is 0 Å². The lowest BCUT2D eigenvalue weighted by molar-refractivity contribution is 0.0667. The molecule has 1 atom stereocenters. The summed E-state index contributed by atoms with van der Waals surface area (Å²) in [5, 5.41) is 13.3. The van der Waals surface area contributed by atoms with E-state index < -0.39 is 0 Å². The largest absolute Gasteiger partial charge is 0.391 e. The van der Waals surface area contributed by atoms with Gasteiger partial charge >= 0.3 is 0 Å². The summed E-state index contributed by atoms with van der Waals surface area (Å²) in [6.07, 6.45) is 3.68. The number of aliphatic hydroxyl groups is 1. The molecule has 1 fully saturated rings. The van der Waals surface area contributed by atoms with Crippen molar-refractivity contribution in [2.75, 3.05) is 6.54 Å². The number of carbonyl (C=O) groups excluding carboxylic acids is 1. The van der Waals surface area contributed by atoms with Crippen molar-refractivity contribution < 1.29 is 18.8 Å². The Labute approximate surface area is 140 Å². The number of halogens is 1. The van der Waals surface area contributed by atoms with Crippen LogP contribution in [0.2, 0.25) is 0 Å². The van der Waals surface area contributed by atoms with Crippen molar-refractivity contribution in [1.29, 1.82) is 0 Å². The van der Waals surface area contributed by atoms with Gasteiger partial charge in [0.25, 0.3) is 5.91 Å². The van der Waals surface area contributed by atoms with Crippen LogP contribution in [0.15, 0.2) is 28.8 Å². The minimum atomic E-state index is -0.308. The zero-order valence-electron chi connectivity index (χ0n) is 13.7. The predicted molar refractivity (Wildman–Crippen MR) is 85.8 cm³/mol. The highest BCUT2D eigenvalue weighted by Gasteiger charge is 2.31. The van der Waals surface area contributed by atoms with Gasteiger partial charge in [0, 0.05) is 6.54 Å². The van der Waals surface area contributed by atoms with Gasteiger partial charge in [-0.05, 0) is 37.5 Å². The van der Waals surface area contributed by atoms with Crippen LogP contribution in [0.25, 0.3) is 0 Å². The third-order valence-electron chi connectivity index (χ3n) is 4.59. The summed E-state index contributed by atoms with van der Waals surface area (Å²) in [6.45, 7) is 1.95.